The van der Waals surface area contributed by atoms with Crippen LogP contribution in [-0.4, -0.2) is 5.78 Å². The smallest absolute Gasteiger partial charge is 0.168 e. The first-order valence-electron chi connectivity index (χ1n) is 5.32. The summed E-state index contributed by atoms with van der Waals surface area (Å²) in [6.45, 7) is 0. The van der Waals surface area contributed by atoms with E-state index in [0.29, 0.717) is 6.42 Å². The molecule has 0 unspecified atom stereocenters. The molecule has 0 atom stereocenters. The summed E-state index contributed by atoms with van der Waals surface area (Å²) >= 11 is 5.12. The Hall–Kier alpha value is -1.06. The van der Waals surface area contributed by atoms with Crippen LogP contribution in [-0.2, 0) is 6.42 Å². The van der Waals surface area contributed by atoms with Crippen LogP contribution < -0.4 is 0 Å². The van der Waals surface area contributed by atoms with E-state index >= 15 is 0 Å². The summed E-state index contributed by atoms with van der Waals surface area (Å²) in [7, 11) is 0. The first-order valence-corrected chi connectivity index (χ1v) is 6.93. The van der Waals surface area contributed by atoms with E-state index in [-0.39, 0.29) is 5.78 Å². The predicted molar refractivity (Wildman–Crippen MR) is 72.7 cm³/mol. The third kappa shape index (κ3) is 2.05. The van der Waals surface area contributed by atoms with Crippen molar-refractivity contribution in [2.45, 2.75) is 16.2 Å². The molecule has 0 aromatic heterocycles. The average molecular weight is 305 g/mol. The minimum atomic E-state index is 0.199. The molecule has 0 N–H and O–H groups in total. The minimum Gasteiger partial charge on any atom is -0.294 e. The van der Waals surface area contributed by atoms with Gasteiger partial charge >= 0.3 is 0 Å². The van der Waals surface area contributed by atoms with E-state index in [4.69, 9.17) is 0 Å². The number of ketones is 1. The van der Waals surface area contributed by atoms with Crippen molar-refractivity contribution in [3.8, 4) is 0 Å². The number of carbonyl (C=O) groups excluding carboxylic acids is 1. The molecule has 1 heterocycles. The number of fused-ring (bicyclic) bond motifs is 2. The quantitative estimate of drug-likeness (QED) is 0.720. The Balaban J connectivity index is 2.17. The highest BCUT2D eigenvalue weighted by Gasteiger charge is 2.19. The zero-order valence-corrected chi connectivity index (χ0v) is 11.3. The molecule has 0 fully saturated rings. The summed E-state index contributed by atoms with van der Waals surface area (Å²) in [5.41, 5.74) is 1.94. The molecule has 17 heavy (non-hydrogen) atoms. The Kier molecular flexibility index (Phi) is 2.81. The fourth-order valence-electron chi connectivity index (χ4n) is 1.96. The van der Waals surface area contributed by atoms with E-state index in [9.17, 15) is 4.79 Å². The standard InChI is InChI=1S/C14H9BrOS/c15-10-5-6-13-9(7-10)8-12(16)11-3-1-2-4-14(11)17-13/h1-7H,8H2. The Morgan fingerprint density at radius 3 is 2.76 bits per heavy atom. The van der Waals surface area contributed by atoms with Crippen LogP contribution in [0.2, 0.25) is 0 Å². The summed E-state index contributed by atoms with van der Waals surface area (Å²) in [6.07, 6.45) is 0.485. The van der Waals surface area contributed by atoms with E-state index in [1.807, 2.05) is 36.4 Å². The Morgan fingerprint density at radius 1 is 1.06 bits per heavy atom. The minimum absolute atomic E-state index is 0.199. The molecule has 0 saturated carbocycles. The molecule has 3 rings (SSSR count). The van der Waals surface area contributed by atoms with Crippen molar-refractivity contribution in [1.29, 1.82) is 0 Å². The van der Waals surface area contributed by atoms with Gasteiger partial charge in [0.2, 0.25) is 0 Å². The van der Waals surface area contributed by atoms with Gasteiger partial charge in [-0.15, -0.1) is 0 Å². The third-order valence-electron chi connectivity index (χ3n) is 2.78. The number of benzene rings is 2. The second-order valence-corrected chi connectivity index (χ2v) is 5.95. The highest BCUT2D eigenvalue weighted by Crippen LogP contribution is 2.37. The van der Waals surface area contributed by atoms with Crippen LogP contribution in [0.25, 0.3) is 0 Å². The van der Waals surface area contributed by atoms with Crippen molar-refractivity contribution in [2.24, 2.45) is 0 Å². The van der Waals surface area contributed by atoms with E-state index < -0.39 is 0 Å². The second kappa shape index (κ2) is 4.31. The first kappa shape index (κ1) is 11.1. The van der Waals surface area contributed by atoms with E-state index in [0.717, 1.165) is 20.5 Å². The third-order valence-corrected chi connectivity index (χ3v) is 4.47. The topological polar surface area (TPSA) is 17.1 Å². The van der Waals surface area contributed by atoms with Crippen LogP contribution in [0.3, 0.4) is 0 Å². The van der Waals surface area contributed by atoms with E-state index in [1.54, 1.807) is 11.8 Å². The number of rotatable bonds is 0. The zero-order valence-electron chi connectivity index (χ0n) is 8.94. The number of Topliss-reactive ketones (excluding diaryl/α,β-unsaturated/α-hetero) is 1. The number of hydrogen-bond acceptors (Lipinski definition) is 2. The molecule has 0 spiro atoms. The van der Waals surface area contributed by atoms with Gasteiger partial charge in [0.1, 0.15) is 0 Å². The fourth-order valence-corrected chi connectivity index (χ4v) is 3.44. The van der Waals surface area contributed by atoms with Gasteiger partial charge in [-0.3, -0.25) is 4.79 Å². The summed E-state index contributed by atoms with van der Waals surface area (Å²) in [5, 5.41) is 0. The first-order chi connectivity index (χ1) is 8.24. The lowest BCUT2D eigenvalue weighted by atomic mass is 10.0. The molecular formula is C14H9BrOS. The Labute approximate surface area is 112 Å². The number of carbonyl (C=O) groups is 1. The van der Waals surface area contributed by atoms with Crippen molar-refractivity contribution < 1.29 is 4.79 Å². The van der Waals surface area contributed by atoms with Crippen molar-refractivity contribution >= 4 is 33.5 Å². The van der Waals surface area contributed by atoms with Crippen molar-refractivity contribution in [3.05, 3.63) is 58.1 Å². The molecule has 2 aromatic carbocycles. The summed E-state index contributed by atoms with van der Waals surface area (Å²) in [4.78, 5) is 14.4. The van der Waals surface area contributed by atoms with Crippen LogP contribution >= 0.6 is 27.7 Å². The lowest BCUT2D eigenvalue weighted by molar-refractivity contribution is 0.0990. The maximum absolute atomic E-state index is 12.2. The molecule has 1 aliphatic heterocycles. The second-order valence-electron chi connectivity index (χ2n) is 3.95. The maximum Gasteiger partial charge on any atom is 0.168 e. The molecule has 1 aliphatic rings. The van der Waals surface area contributed by atoms with Crippen molar-refractivity contribution in [1.82, 2.24) is 0 Å². The Morgan fingerprint density at radius 2 is 1.88 bits per heavy atom. The van der Waals surface area contributed by atoms with Gasteiger partial charge in [-0.1, -0.05) is 45.9 Å². The summed E-state index contributed by atoms with van der Waals surface area (Å²) < 4.78 is 1.02. The van der Waals surface area contributed by atoms with Gasteiger partial charge in [0.05, 0.1) is 0 Å². The number of halogens is 1. The largest absolute Gasteiger partial charge is 0.294 e. The van der Waals surface area contributed by atoms with Crippen molar-refractivity contribution in [3.63, 3.8) is 0 Å². The van der Waals surface area contributed by atoms with Gasteiger partial charge in [0.25, 0.3) is 0 Å². The number of hydrogen-bond donors (Lipinski definition) is 0. The SMILES string of the molecule is O=C1Cc2cc(Br)ccc2Sc2ccccc21. The summed E-state index contributed by atoms with van der Waals surface area (Å²) in [5.74, 6) is 0.199. The molecule has 84 valence electrons. The summed E-state index contributed by atoms with van der Waals surface area (Å²) in [6, 6.07) is 13.9. The van der Waals surface area contributed by atoms with E-state index in [1.165, 1.54) is 4.90 Å². The van der Waals surface area contributed by atoms with Gasteiger partial charge in [-0.2, -0.15) is 0 Å². The molecule has 0 aliphatic carbocycles. The molecule has 0 bridgehead atoms. The lowest BCUT2D eigenvalue weighted by Crippen LogP contribution is -2.02. The normalized spacial score (nSPS) is 13.8. The average Bonchev–Trinajstić information content (AvgIpc) is 2.46. The maximum atomic E-state index is 12.2. The molecule has 2 aromatic rings. The predicted octanol–water partition coefficient (Wildman–Crippen LogP) is 4.34. The molecule has 0 amide bonds. The van der Waals surface area contributed by atoms with Gasteiger partial charge in [-0.05, 0) is 29.8 Å². The van der Waals surface area contributed by atoms with Gasteiger partial charge in [-0.25, -0.2) is 0 Å². The van der Waals surface area contributed by atoms with Crippen molar-refractivity contribution in [2.75, 3.05) is 0 Å². The fraction of sp³-hybridized carbons (Fsp3) is 0.0714. The Bertz CT molecular complexity index is 607. The van der Waals surface area contributed by atoms with Crippen LogP contribution in [0.1, 0.15) is 15.9 Å². The molecule has 0 radical (unpaired) electrons. The molecule has 1 nitrogen and oxygen atoms in total. The van der Waals surface area contributed by atoms with Gasteiger partial charge in [0.15, 0.2) is 5.78 Å². The van der Waals surface area contributed by atoms with Crippen LogP contribution in [0.4, 0.5) is 0 Å². The zero-order chi connectivity index (χ0) is 11.8. The highest BCUT2D eigenvalue weighted by atomic mass is 79.9. The van der Waals surface area contributed by atoms with Crippen LogP contribution in [0, 0.1) is 0 Å². The highest BCUT2D eigenvalue weighted by molar-refractivity contribution is 9.10. The van der Waals surface area contributed by atoms with E-state index in [2.05, 4.69) is 22.0 Å². The van der Waals surface area contributed by atoms with Crippen LogP contribution in [0.15, 0.2) is 56.7 Å². The lowest BCUT2D eigenvalue weighted by Gasteiger charge is -2.04. The van der Waals surface area contributed by atoms with Gasteiger partial charge in [0, 0.05) is 26.2 Å². The molecular weight excluding hydrogens is 296 g/mol. The molecule has 3 heteroatoms. The van der Waals surface area contributed by atoms with Crippen LogP contribution in [0.5, 0.6) is 0 Å². The van der Waals surface area contributed by atoms with Gasteiger partial charge < -0.3 is 0 Å². The molecule has 0 saturated heterocycles. The monoisotopic (exact) mass is 304 g/mol.